The molecule has 5 unspecified atom stereocenters. The third kappa shape index (κ3) is 1.50. The molecular formula is C15H18O5. The average Bonchev–Trinajstić information content (AvgIpc) is 2.85. The lowest BCUT2D eigenvalue weighted by Crippen LogP contribution is -2.44. The molecule has 108 valence electrons. The number of hydrogen-bond acceptors (Lipinski definition) is 5. The Bertz CT molecular complexity index is 546. The molecule has 0 aromatic carbocycles. The van der Waals surface area contributed by atoms with Crippen molar-refractivity contribution < 1.29 is 24.5 Å². The molecule has 3 aliphatic rings. The minimum Gasteiger partial charge on any atom is -0.454 e. The van der Waals surface area contributed by atoms with Crippen molar-refractivity contribution in [3.63, 3.8) is 0 Å². The standard InChI is InChI=1S/C15H18O5/c1-7-5-10-12(8(6-16)14(19)20-10)13(18)15(2)9(7)3-4-11(15)17/h3-4,7,9-10,13,16,18H,5-6H2,1-2H3. The molecule has 0 radical (unpaired) electrons. The van der Waals surface area contributed by atoms with Crippen LogP contribution in [-0.4, -0.2) is 40.8 Å². The summed E-state index contributed by atoms with van der Waals surface area (Å²) in [5.41, 5.74) is -0.472. The van der Waals surface area contributed by atoms with Crippen LogP contribution in [0.25, 0.3) is 0 Å². The van der Waals surface area contributed by atoms with Crippen molar-refractivity contribution in [2.45, 2.75) is 32.5 Å². The first-order valence-electron chi connectivity index (χ1n) is 6.86. The summed E-state index contributed by atoms with van der Waals surface area (Å²) in [6, 6.07) is 0. The van der Waals surface area contributed by atoms with Crippen LogP contribution < -0.4 is 0 Å². The van der Waals surface area contributed by atoms with Crippen molar-refractivity contribution in [3.8, 4) is 0 Å². The normalized spacial score (nSPS) is 43.4. The molecule has 5 atom stereocenters. The molecule has 0 aromatic heterocycles. The van der Waals surface area contributed by atoms with Crippen LogP contribution in [0.4, 0.5) is 0 Å². The predicted molar refractivity (Wildman–Crippen MR) is 69.5 cm³/mol. The fourth-order valence-electron chi connectivity index (χ4n) is 3.89. The number of allylic oxidation sites excluding steroid dienone is 2. The van der Waals surface area contributed by atoms with E-state index >= 15 is 0 Å². The minimum atomic E-state index is -1.10. The fraction of sp³-hybridized carbons (Fsp3) is 0.600. The van der Waals surface area contributed by atoms with Gasteiger partial charge in [0.15, 0.2) is 5.78 Å². The molecular weight excluding hydrogens is 260 g/mol. The van der Waals surface area contributed by atoms with Crippen molar-refractivity contribution >= 4 is 11.8 Å². The first kappa shape index (κ1) is 13.5. The maximum Gasteiger partial charge on any atom is 0.337 e. The summed E-state index contributed by atoms with van der Waals surface area (Å²) in [5.74, 6) is -0.696. The van der Waals surface area contributed by atoms with Crippen LogP contribution in [0.15, 0.2) is 23.3 Å². The summed E-state index contributed by atoms with van der Waals surface area (Å²) in [7, 11) is 0. The molecule has 5 heteroatoms. The molecule has 2 aliphatic carbocycles. The number of aliphatic hydroxyl groups excluding tert-OH is 2. The van der Waals surface area contributed by atoms with Crippen LogP contribution in [-0.2, 0) is 14.3 Å². The highest BCUT2D eigenvalue weighted by Gasteiger charge is 2.57. The van der Waals surface area contributed by atoms with Gasteiger partial charge in [0.05, 0.1) is 23.7 Å². The zero-order valence-electron chi connectivity index (χ0n) is 11.5. The summed E-state index contributed by atoms with van der Waals surface area (Å²) in [6.45, 7) is 3.25. The lowest BCUT2D eigenvalue weighted by molar-refractivity contribution is -0.140. The van der Waals surface area contributed by atoms with Crippen LogP contribution in [0.2, 0.25) is 0 Å². The van der Waals surface area contributed by atoms with Crippen molar-refractivity contribution in [2.24, 2.45) is 17.3 Å². The van der Waals surface area contributed by atoms with Crippen molar-refractivity contribution in [1.82, 2.24) is 0 Å². The molecule has 1 saturated carbocycles. The van der Waals surface area contributed by atoms with Gasteiger partial charge in [0.2, 0.25) is 0 Å². The Balaban J connectivity index is 2.16. The summed E-state index contributed by atoms with van der Waals surface area (Å²) in [6.07, 6.45) is 2.29. The third-order valence-corrected chi connectivity index (χ3v) is 5.09. The first-order valence-corrected chi connectivity index (χ1v) is 6.86. The van der Waals surface area contributed by atoms with E-state index in [1.165, 1.54) is 6.08 Å². The highest BCUT2D eigenvalue weighted by Crippen LogP contribution is 2.51. The molecule has 1 aliphatic heterocycles. The third-order valence-electron chi connectivity index (χ3n) is 5.09. The number of esters is 1. The second-order valence-corrected chi connectivity index (χ2v) is 6.13. The smallest absolute Gasteiger partial charge is 0.337 e. The molecule has 0 aromatic rings. The van der Waals surface area contributed by atoms with E-state index in [1.54, 1.807) is 6.92 Å². The number of hydrogen-bond donors (Lipinski definition) is 2. The summed E-state index contributed by atoms with van der Waals surface area (Å²) in [5, 5.41) is 20.1. The number of aliphatic hydroxyl groups is 2. The highest BCUT2D eigenvalue weighted by atomic mass is 16.6. The molecule has 0 bridgehead atoms. The number of rotatable bonds is 1. The number of carbonyl (C=O) groups excluding carboxylic acids is 2. The molecule has 5 nitrogen and oxygen atoms in total. The Morgan fingerprint density at radius 1 is 1.45 bits per heavy atom. The van der Waals surface area contributed by atoms with E-state index in [9.17, 15) is 19.8 Å². The lowest BCUT2D eigenvalue weighted by atomic mass is 9.69. The van der Waals surface area contributed by atoms with Gasteiger partial charge in [-0.3, -0.25) is 4.79 Å². The van der Waals surface area contributed by atoms with E-state index in [-0.39, 0.29) is 23.2 Å². The van der Waals surface area contributed by atoms with Gasteiger partial charge in [0.25, 0.3) is 0 Å². The van der Waals surface area contributed by atoms with E-state index < -0.39 is 30.2 Å². The predicted octanol–water partition coefficient (Wildman–Crippen LogP) is 0.363. The maximum atomic E-state index is 12.2. The quantitative estimate of drug-likeness (QED) is 0.677. The summed E-state index contributed by atoms with van der Waals surface area (Å²) in [4.78, 5) is 24.0. The highest BCUT2D eigenvalue weighted by molar-refractivity contribution is 5.99. The number of ketones is 1. The van der Waals surface area contributed by atoms with Crippen LogP contribution in [0, 0.1) is 17.3 Å². The molecule has 20 heavy (non-hydrogen) atoms. The molecule has 0 spiro atoms. The molecule has 1 fully saturated rings. The van der Waals surface area contributed by atoms with E-state index in [1.807, 2.05) is 13.0 Å². The largest absolute Gasteiger partial charge is 0.454 e. The second-order valence-electron chi connectivity index (χ2n) is 6.13. The molecule has 3 rings (SSSR count). The SMILES string of the molecule is CC1CC2OC(=O)C(CO)=C2C(O)C2(C)C(=O)C=CC12. The number of fused-ring (bicyclic) bond motifs is 2. The monoisotopic (exact) mass is 278 g/mol. The number of carbonyl (C=O) groups is 2. The van der Waals surface area contributed by atoms with E-state index in [2.05, 4.69) is 0 Å². The maximum absolute atomic E-state index is 12.2. The number of ether oxygens (including phenoxy) is 1. The Kier molecular flexibility index (Phi) is 2.88. The minimum absolute atomic E-state index is 0.0817. The van der Waals surface area contributed by atoms with Gasteiger partial charge in [-0.05, 0) is 31.3 Å². The second kappa shape index (κ2) is 4.27. The van der Waals surface area contributed by atoms with Gasteiger partial charge < -0.3 is 14.9 Å². The molecule has 1 heterocycles. The average molecular weight is 278 g/mol. The van der Waals surface area contributed by atoms with E-state index in [0.717, 1.165) is 0 Å². The van der Waals surface area contributed by atoms with Gasteiger partial charge in [-0.2, -0.15) is 0 Å². The van der Waals surface area contributed by atoms with Gasteiger partial charge in [-0.1, -0.05) is 13.0 Å². The first-order chi connectivity index (χ1) is 9.41. The fourth-order valence-corrected chi connectivity index (χ4v) is 3.89. The Labute approximate surface area is 116 Å². The topological polar surface area (TPSA) is 83.8 Å². The van der Waals surface area contributed by atoms with Gasteiger partial charge in [-0.15, -0.1) is 0 Å². The molecule has 2 N–H and O–H groups in total. The Morgan fingerprint density at radius 2 is 2.15 bits per heavy atom. The van der Waals surface area contributed by atoms with E-state index in [4.69, 9.17) is 4.74 Å². The van der Waals surface area contributed by atoms with Gasteiger partial charge in [0.1, 0.15) is 6.10 Å². The molecule has 0 saturated heterocycles. The van der Waals surface area contributed by atoms with Crippen molar-refractivity contribution in [1.29, 1.82) is 0 Å². The summed E-state index contributed by atoms with van der Waals surface area (Å²) < 4.78 is 5.27. The van der Waals surface area contributed by atoms with Crippen molar-refractivity contribution in [2.75, 3.05) is 6.61 Å². The van der Waals surface area contributed by atoms with Gasteiger partial charge in [0, 0.05) is 5.57 Å². The summed E-state index contributed by atoms with van der Waals surface area (Å²) >= 11 is 0. The van der Waals surface area contributed by atoms with E-state index in [0.29, 0.717) is 12.0 Å². The molecule has 0 amide bonds. The Morgan fingerprint density at radius 3 is 2.80 bits per heavy atom. The zero-order chi connectivity index (χ0) is 14.7. The Hall–Kier alpha value is -1.46. The van der Waals surface area contributed by atoms with Crippen LogP contribution in [0.5, 0.6) is 0 Å². The lowest BCUT2D eigenvalue weighted by Gasteiger charge is -2.35. The van der Waals surface area contributed by atoms with Crippen LogP contribution in [0.3, 0.4) is 0 Å². The van der Waals surface area contributed by atoms with Crippen molar-refractivity contribution in [3.05, 3.63) is 23.3 Å². The van der Waals surface area contributed by atoms with Crippen LogP contribution >= 0.6 is 0 Å². The van der Waals surface area contributed by atoms with Crippen LogP contribution in [0.1, 0.15) is 20.3 Å². The van der Waals surface area contributed by atoms with Gasteiger partial charge >= 0.3 is 5.97 Å². The van der Waals surface area contributed by atoms with Gasteiger partial charge in [-0.25, -0.2) is 4.79 Å². The zero-order valence-corrected chi connectivity index (χ0v) is 11.5.